The molecule has 1 heteroatoms. The lowest BCUT2D eigenvalue weighted by molar-refractivity contribution is 0.170. The van der Waals surface area contributed by atoms with Crippen LogP contribution in [0.4, 0.5) is 0 Å². The van der Waals surface area contributed by atoms with Crippen LogP contribution < -0.4 is 4.74 Å². The van der Waals surface area contributed by atoms with Crippen LogP contribution in [0.25, 0.3) is 0 Å². The predicted octanol–water partition coefficient (Wildman–Crippen LogP) is 3.42. The Labute approximate surface area is 80.7 Å². The minimum absolute atomic E-state index is 0.280. The molecule has 0 heterocycles. The second kappa shape index (κ2) is 4.31. The second-order valence-corrected chi connectivity index (χ2v) is 3.88. The number of ether oxygens (including phenoxy) is 1. The monoisotopic (exact) mass is 178 g/mol. The van der Waals surface area contributed by atoms with E-state index in [9.17, 15) is 0 Å². The molecule has 0 aliphatic carbocycles. The van der Waals surface area contributed by atoms with Crippen molar-refractivity contribution in [2.75, 3.05) is 0 Å². The molecule has 0 radical (unpaired) electrons. The van der Waals surface area contributed by atoms with Gasteiger partial charge in [-0.1, -0.05) is 31.5 Å². The summed E-state index contributed by atoms with van der Waals surface area (Å²) in [6, 6.07) is 8.19. The quantitative estimate of drug-likeness (QED) is 0.689. The molecule has 13 heavy (non-hydrogen) atoms. The molecule has 1 aromatic carbocycles. The highest BCUT2D eigenvalue weighted by atomic mass is 16.5. The molecule has 0 aromatic heterocycles. The molecule has 0 saturated carbocycles. The molecule has 0 fully saturated rings. The molecule has 0 aliphatic rings. The van der Waals surface area contributed by atoms with E-state index in [-0.39, 0.29) is 6.10 Å². The Morgan fingerprint density at radius 1 is 1.00 bits per heavy atom. The van der Waals surface area contributed by atoms with Crippen molar-refractivity contribution in [3.8, 4) is 5.75 Å². The van der Waals surface area contributed by atoms with E-state index in [1.165, 1.54) is 5.56 Å². The van der Waals surface area contributed by atoms with Crippen LogP contribution in [0.1, 0.15) is 26.3 Å². The van der Waals surface area contributed by atoms with Gasteiger partial charge in [-0.25, -0.2) is 0 Å². The fourth-order valence-corrected chi connectivity index (χ4v) is 0.968. The standard InChI is InChI=1S/C12H18O/c1-9(2)11(4)13-12-7-5-10(3)6-8-12/h5-9,11H,1-4H3. The highest BCUT2D eigenvalue weighted by Gasteiger charge is 2.07. The summed E-state index contributed by atoms with van der Waals surface area (Å²) in [4.78, 5) is 0. The zero-order valence-corrected chi connectivity index (χ0v) is 8.87. The average molecular weight is 178 g/mol. The van der Waals surface area contributed by atoms with Crippen molar-refractivity contribution in [3.63, 3.8) is 0 Å². The largest absolute Gasteiger partial charge is 0.490 e. The smallest absolute Gasteiger partial charge is 0.119 e. The minimum atomic E-state index is 0.280. The predicted molar refractivity (Wildman–Crippen MR) is 56.1 cm³/mol. The topological polar surface area (TPSA) is 9.23 Å². The van der Waals surface area contributed by atoms with Gasteiger partial charge in [0.1, 0.15) is 5.75 Å². The number of benzene rings is 1. The van der Waals surface area contributed by atoms with E-state index in [1.807, 2.05) is 12.1 Å². The first-order valence-electron chi connectivity index (χ1n) is 4.83. The van der Waals surface area contributed by atoms with Crippen molar-refractivity contribution >= 4 is 0 Å². The molecular weight excluding hydrogens is 160 g/mol. The highest BCUT2D eigenvalue weighted by Crippen LogP contribution is 2.16. The Hall–Kier alpha value is -0.980. The van der Waals surface area contributed by atoms with E-state index in [4.69, 9.17) is 4.74 Å². The summed E-state index contributed by atoms with van der Waals surface area (Å²) in [5.74, 6) is 1.52. The molecule has 0 amide bonds. The van der Waals surface area contributed by atoms with Gasteiger partial charge in [-0.05, 0) is 31.9 Å². The van der Waals surface area contributed by atoms with Gasteiger partial charge in [0, 0.05) is 0 Å². The van der Waals surface area contributed by atoms with Crippen LogP contribution in [-0.2, 0) is 0 Å². The van der Waals surface area contributed by atoms with E-state index >= 15 is 0 Å². The maximum atomic E-state index is 5.73. The van der Waals surface area contributed by atoms with Gasteiger partial charge in [0.05, 0.1) is 6.10 Å². The summed E-state index contributed by atoms with van der Waals surface area (Å²) in [5, 5.41) is 0. The van der Waals surface area contributed by atoms with Gasteiger partial charge in [-0.2, -0.15) is 0 Å². The van der Waals surface area contributed by atoms with Crippen LogP contribution in [0.2, 0.25) is 0 Å². The summed E-state index contributed by atoms with van der Waals surface area (Å²) >= 11 is 0. The molecule has 1 unspecified atom stereocenters. The maximum absolute atomic E-state index is 5.73. The van der Waals surface area contributed by atoms with Crippen LogP contribution in [0.5, 0.6) is 5.75 Å². The second-order valence-electron chi connectivity index (χ2n) is 3.88. The summed E-state index contributed by atoms with van der Waals surface area (Å²) in [6.07, 6.45) is 0.280. The number of rotatable bonds is 3. The summed E-state index contributed by atoms with van der Waals surface area (Å²) in [6.45, 7) is 8.51. The first kappa shape index (κ1) is 10.1. The van der Waals surface area contributed by atoms with Crippen LogP contribution >= 0.6 is 0 Å². The van der Waals surface area contributed by atoms with E-state index in [2.05, 4.69) is 39.8 Å². The molecule has 0 N–H and O–H groups in total. The fourth-order valence-electron chi connectivity index (χ4n) is 0.968. The van der Waals surface area contributed by atoms with Crippen molar-refractivity contribution in [1.82, 2.24) is 0 Å². The van der Waals surface area contributed by atoms with E-state index in [1.54, 1.807) is 0 Å². The Morgan fingerprint density at radius 3 is 2.00 bits per heavy atom. The minimum Gasteiger partial charge on any atom is -0.490 e. The molecular formula is C12H18O. The van der Waals surface area contributed by atoms with Gasteiger partial charge >= 0.3 is 0 Å². The first-order valence-corrected chi connectivity index (χ1v) is 4.83. The normalized spacial score (nSPS) is 13.0. The van der Waals surface area contributed by atoms with Crippen molar-refractivity contribution in [2.24, 2.45) is 5.92 Å². The fraction of sp³-hybridized carbons (Fsp3) is 0.500. The molecule has 1 atom stereocenters. The Balaban J connectivity index is 2.59. The van der Waals surface area contributed by atoms with Crippen molar-refractivity contribution in [2.45, 2.75) is 33.8 Å². The third kappa shape index (κ3) is 3.10. The average Bonchev–Trinajstić information content (AvgIpc) is 2.08. The van der Waals surface area contributed by atoms with Gasteiger partial charge in [0.2, 0.25) is 0 Å². The zero-order valence-electron chi connectivity index (χ0n) is 8.87. The van der Waals surface area contributed by atoms with Crippen LogP contribution in [0, 0.1) is 12.8 Å². The molecule has 0 aliphatic heterocycles. The first-order chi connectivity index (χ1) is 6.09. The van der Waals surface area contributed by atoms with Gasteiger partial charge in [0.25, 0.3) is 0 Å². The van der Waals surface area contributed by atoms with Gasteiger partial charge in [-0.3, -0.25) is 0 Å². The molecule has 1 nitrogen and oxygen atoms in total. The highest BCUT2D eigenvalue weighted by molar-refractivity contribution is 5.26. The lowest BCUT2D eigenvalue weighted by Crippen LogP contribution is -2.18. The molecule has 1 rings (SSSR count). The Bertz CT molecular complexity index is 248. The Kier molecular flexibility index (Phi) is 3.35. The van der Waals surface area contributed by atoms with Gasteiger partial charge in [0.15, 0.2) is 0 Å². The Morgan fingerprint density at radius 2 is 1.54 bits per heavy atom. The van der Waals surface area contributed by atoms with E-state index in [0.717, 1.165) is 5.75 Å². The lowest BCUT2D eigenvalue weighted by atomic mass is 10.1. The van der Waals surface area contributed by atoms with E-state index < -0.39 is 0 Å². The number of aryl methyl sites for hydroxylation is 1. The molecule has 0 saturated heterocycles. The summed E-state index contributed by atoms with van der Waals surface area (Å²) in [5.41, 5.74) is 1.27. The van der Waals surface area contributed by atoms with Gasteiger partial charge < -0.3 is 4.74 Å². The molecule has 0 spiro atoms. The molecule has 0 bridgehead atoms. The summed E-state index contributed by atoms with van der Waals surface area (Å²) < 4.78 is 5.73. The van der Waals surface area contributed by atoms with Gasteiger partial charge in [-0.15, -0.1) is 0 Å². The van der Waals surface area contributed by atoms with Crippen molar-refractivity contribution in [1.29, 1.82) is 0 Å². The maximum Gasteiger partial charge on any atom is 0.119 e. The zero-order chi connectivity index (χ0) is 9.84. The van der Waals surface area contributed by atoms with Crippen LogP contribution in [0.3, 0.4) is 0 Å². The van der Waals surface area contributed by atoms with Crippen molar-refractivity contribution in [3.05, 3.63) is 29.8 Å². The number of hydrogen-bond acceptors (Lipinski definition) is 1. The number of hydrogen-bond donors (Lipinski definition) is 0. The van der Waals surface area contributed by atoms with E-state index in [0.29, 0.717) is 5.92 Å². The SMILES string of the molecule is Cc1ccc(OC(C)C(C)C)cc1. The lowest BCUT2D eigenvalue weighted by Gasteiger charge is -2.17. The van der Waals surface area contributed by atoms with Crippen molar-refractivity contribution < 1.29 is 4.74 Å². The third-order valence-electron chi connectivity index (χ3n) is 2.28. The molecule has 72 valence electrons. The van der Waals surface area contributed by atoms with Crippen LogP contribution in [0.15, 0.2) is 24.3 Å². The third-order valence-corrected chi connectivity index (χ3v) is 2.28. The van der Waals surface area contributed by atoms with Crippen LogP contribution in [-0.4, -0.2) is 6.10 Å². The molecule has 1 aromatic rings. The summed E-state index contributed by atoms with van der Waals surface area (Å²) in [7, 11) is 0.